The molecule has 3 aromatic rings. The minimum absolute atomic E-state index is 0.0565. The molecule has 2 aromatic carbocycles. The zero-order valence-electron chi connectivity index (χ0n) is 15.6. The number of halogens is 1. The van der Waals surface area contributed by atoms with Crippen LogP contribution in [0.15, 0.2) is 53.9 Å². The molecule has 0 saturated carbocycles. The summed E-state index contributed by atoms with van der Waals surface area (Å²) in [6.45, 7) is 1.98. The van der Waals surface area contributed by atoms with E-state index in [1.165, 1.54) is 21.8 Å². The third-order valence-electron chi connectivity index (χ3n) is 4.14. The molecule has 0 fully saturated rings. The molecule has 5 nitrogen and oxygen atoms in total. The first-order valence-corrected chi connectivity index (χ1v) is 9.98. The zero-order valence-corrected chi connectivity index (χ0v) is 17.2. The van der Waals surface area contributed by atoms with Gasteiger partial charge in [-0.15, -0.1) is 11.3 Å². The molecule has 0 unspecified atom stereocenters. The van der Waals surface area contributed by atoms with Crippen LogP contribution in [0.3, 0.4) is 0 Å². The van der Waals surface area contributed by atoms with Crippen molar-refractivity contribution in [2.45, 2.75) is 13.3 Å². The summed E-state index contributed by atoms with van der Waals surface area (Å²) in [7, 11) is 1.60. The predicted octanol–water partition coefficient (Wildman–Crippen LogP) is 4.41. The molecule has 1 heterocycles. The van der Waals surface area contributed by atoms with Gasteiger partial charge in [-0.25, -0.2) is 4.98 Å². The Bertz CT molecular complexity index is 985. The molecule has 0 radical (unpaired) electrons. The fourth-order valence-corrected chi connectivity index (χ4v) is 3.57. The van der Waals surface area contributed by atoms with Crippen molar-refractivity contribution in [3.8, 4) is 10.6 Å². The van der Waals surface area contributed by atoms with E-state index in [0.717, 1.165) is 10.6 Å². The number of nitrogens with zero attached hydrogens (tertiary/aromatic N) is 2. The van der Waals surface area contributed by atoms with Crippen molar-refractivity contribution in [3.63, 3.8) is 0 Å². The monoisotopic (exact) mass is 413 g/mol. The number of carbonyl (C=O) groups is 2. The molecular weight excluding hydrogens is 394 g/mol. The number of likely N-dealkylation sites (N-methyl/N-ethyl adjacent to an activating group) is 1. The first-order valence-electron chi connectivity index (χ1n) is 8.72. The van der Waals surface area contributed by atoms with Crippen LogP contribution in [0.4, 0.5) is 5.69 Å². The molecular formula is C21H20ClN3O2S. The number of para-hydroxylation sites is 1. The van der Waals surface area contributed by atoms with Crippen LogP contribution < -0.4 is 5.32 Å². The van der Waals surface area contributed by atoms with E-state index < -0.39 is 0 Å². The van der Waals surface area contributed by atoms with Gasteiger partial charge in [0.05, 0.1) is 29.4 Å². The van der Waals surface area contributed by atoms with Gasteiger partial charge in [-0.3, -0.25) is 9.59 Å². The molecule has 0 aliphatic heterocycles. The highest BCUT2D eigenvalue weighted by molar-refractivity contribution is 7.13. The third-order valence-corrected chi connectivity index (χ3v) is 5.41. The molecule has 0 aliphatic rings. The average molecular weight is 414 g/mol. The van der Waals surface area contributed by atoms with Crippen LogP contribution in [0.2, 0.25) is 5.02 Å². The van der Waals surface area contributed by atoms with Gasteiger partial charge < -0.3 is 10.2 Å². The summed E-state index contributed by atoms with van der Waals surface area (Å²) in [6, 6.07) is 15.1. The van der Waals surface area contributed by atoms with Crippen LogP contribution in [0.5, 0.6) is 0 Å². The van der Waals surface area contributed by atoms with Crippen molar-refractivity contribution in [3.05, 3.63) is 70.2 Å². The summed E-state index contributed by atoms with van der Waals surface area (Å²) in [5.41, 5.74) is 3.44. The van der Waals surface area contributed by atoms with E-state index in [4.69, 9.17) is 11.6 Å². The quantitative estimate of drug-likeness (QED) is 0.651. The Hall–Kier alpha value is -2.70. The topological polar surface area (TPSA) is 62.3 Å². The second-order valence-corrected chi connectivity index (χ2v) is 7.73. The van der Waals surface area contributed by atoms with Crippen molar-refractivity contribution >= 4 is 40.4 Å². The first-order chi connectivity index (χ1) is 13.4. The highest BCUT2D eigenvalue weighted by atomic mass is 35.5. The van der Waals surface area contributed by atoms with Gasteiger partial charge in [0, 0.05) is 18.0 Å². The fourth-order valence-electron chi connectivity index (χ4n) is 2.56. The number of benzene rings is 2. The Morgan fingerprint density at radius 1 is 1.14 bits per heavy atom. The molecule has 0 atom stereocenters. The largest absolute Gasteiger partial charge is 0.336 e. The van der Waals surface area contributed by atoms with E-state index in [0.29, 0.717) is 16.4 Å². The van der Waals surface area contributed by atoms with Crippen LogP contribution in [0.25, 0.3) is 10.6 Å². The Morgan fingerprint density at radius 3 is 2.57 bits per heavy atom. The van der Waals surface area contributed by atoms with E-state index in [1.807, 2.05) is 36.6 Å². The Labute approximate surface area is 173 Å². The molecule has 28 heavy (non-hydrogen) atoms. The van der Waals surface area contributed by atoms with Gasteiger partial charge in [-0.2, -0.15) is 0 Å². The van der Waals surface area contributed by atoms with Gasteiger partial charge in [0.1, 0.15) is 5.01 Å². The van der Waals surface area contributed by atoms with E-state index in [2.05, 4.69) is 10.3 Å². The fraction of sp³-hybridized carbons (Fsp3) is 0.190. The lowest BCUT2D eigenvalue weighted by Gasteiger charge is -2.16. The standard InChI is InChI=1S/C21H20ClN3O2S/c1-14-7-9-15(10-8-14)21-23-16(13-28-21)11-20(27)25(2)12-19(26)24-18-6-4-3-5-17(18)22/h3-10,13H,11-12H2,1-2H3,(H,24,26). The molecule has 0 spiro atoms. The van der Waals surface area contributed by atoms with E-state index in [1.54, 1.807) is 31.3 Å². The lowest BCUT2D eigenvalue weighted by molar-refractivity contribution is -0.132. The van der Waals surface area contributed by atoms with E-state index in [9.17, 15) is 9.59 Å². The minimum atomic E-state index is -0.303. The van der Waals surface area contributed by atoms with Crippen LogP contribution in [0, 0.1) is 6.92 Å². The third kappa shape index (κ3) is 5.18. The lowest BCUT2D eigenvalue weighted by atomic mass is 10.2. The SMILES string of the molecule is Cc1ccc(-c2nc(CC(=O)N(C)CC(=O)Nc3ccccc3Cl)cs2)cc1. The molecule has 0 saturated heterocycles. The summed E-state index contributed by atoms with van der Waals surface area (Å²) in [4.78, 5) is 30.5. The van der Waals surface area contributed by atoms with Crippen molar-refractivity contribution in [1.29, 1.82) is 0 Å². The normalized spacial score (nSPS) is 10.5. The van der Waals surface area contributed by atoms with Crippen LogP contribution in [-0.2, 0) is 16.0 Å². The first kappa shape index (κ1) is 20.0. The number of amides is 2. The summed E-state index contributed by atoms with van der Waals surface area (Å²) >= 11 is 7.54. The number of hydrogen-bond acceptors (Lipinski definition) is 4. The van der Waals surface area contributed by atoms with Crippen molar-refractivity contribution in [2.75, 3.05) is 18.9 Å². The van der Waals surface area contributed by atoms with Crippen LogP contribution in [-0.4, -0.2) is 35.3 Å². The van der Waals surface area contributed by atoms with Crippen molar-refractivity contribution in [1.82, 2.24) is 9.88 Å². The van der Waals surface area contributed by atoms with Gasteiger partial charge in [-0.1, -0.05) is 53.6 Å². The number of thiazole rings is 1. The molecule has 2 amide bonds. The minimum Gasteiger partial charge on any atom is -0.336 e. The van der Waals surface area contributed by atoms with E-state index >= 15 is 0 Å². The number of anilines is 1. The second kappa shape index (κ2) is 8.99. The number of nitrogens with one attached hydrogen (secondary N) is 1. The summed E-state index contributed by atoms with van der Waals surface area (Å²) in [5.74, 6) is -0.474. The molecule has 1 N–H and O–H groups in total. The molecule has 0 bridgehead atoms. The molecule has 7 heteroatoms. The number of aryl methyl sites for hydroxylation is 1. The lowest BCUT2D eigenvalue weighted by Crippen LogP contribution is -2.35. The van der Waals surface area contributed by atoms with Crippen LogP contribution >= 0.6 is 22.9 Å². The smallest absolute Gasteiger partial charge is 0.244 e. The average Bonchev–Trinajstić information content (AvgIpc) is 3.12. The highest BCUT2D eigenvalue weighted by Gasteiger charge is 2.16. The van der Waals surface area contributed by atoms with Crippen molar-refractivity contribution < 1.29 is 9.59 Å². The highest BCUT2D eigenvalue weighted by Crippen LogP contribution is 2.24. The summed E-state index contributed by atoms with van der Waals surface area (Å²) in [5, 5.41) is 5.92. The maximum atomic E-state index is 12.4. The number of rotatable bonds is 6. The van der Waals surface area contributed by atoms with E-state index in [-0.39, 0.29) is 24.8 Å². The maximum absolute atomic E-state index is 12.4. The van der Waals surface area contributed by atoms with Gasteiger partial charge in [-0.05, 0) is 19.1 Å². The van der Waals surface area contributed by atoms with Gasteiger partial charge >= 0.3 is 0 Å². The Morgan fingerprint density at radius 2 is 1.86 bits per heavy atom. The molecule has 3 rings (SSSR count). The number of carbonyl (C=O) groups excluding carboxylic acids is 2. The van der Waals surface area contributed by atoms with Gasteiger partial charge in [0.2, 0.25) is 11.8 Å². The Kier molecular flexibility index (Phi) is 6.44. The van der Waals surface area contributed by atoms with Gasteiger partial charge in [0.25, 0.3) is 0 Å². The number of hydrogen-bond donors (Lipinski definition) is 1. The second-order valence-electron chi connectivity index (χ2n) is 6.46. The molecule has 144 valence electrons. The van der Waals surface area contributed by atoms with Crippen molar-refractivity contribution in [2.24, 2.45) is 0 Å². The Balaban J connectivity index is 1.56. The zero-order chi connectivity index (χ0) is 20.1. The number of aromatic nitrogens is 1. The van der Waals surface area contributed by atoms with Crippen LogP contribution in [0.1, 0.15) is 11.3 Å². The maximum Gasteiger partial charge on any atom is 0.244 e. The summed E-state index contributed by atoms with van der Waals surface area (Å²) < 4.78 is 0. The van der Waals surface area contributed by atoms with Gasteiger partial charge in [0.15, 0.2) is 0 Å². The predicted molar refractivity (Wildman–Crippen MR) is 114 cm³/mol. The summed E-state index contributed by atoms with van der Waals surface area (Å²) in [6.07, 6.45) is 0.151. The molecule has 0 aliphatic carbocycles. The molecule has 1 aromatic heterocycles.